The third-order valence-electron chi connectivity index (χ3n) is 2.57. The molecule has 0 saturated heterocycles. The first-order valence-electron chi connectivity index (χ1n) is 5.26. The van der Waals surface area contributed by atoms with Crippen molar-refractivity contribution in [2.24, 2.45) is 0 Å². The molecule has 92 valence electrons. The molecule has 0 aliphatic rings. The molecule has 6 nitrogen and oxygen atoms in total. The molecular formula is C12H10N2O4. The standard InChI is InChI=1S/C12H10N2O4/c1-8(15)7-13-11-4-3-10(14(17)18)6-9(11)2-5-12(13)16/h2-6H,7H2,1H3. The van der Waals surface area contributed by atoms with Crippen LogP contribution in [-0.2, 0) is 11.3 Å². The van der Waals surface area contributed by atoms with Crippen LogP contribution in [0.4, 0.5) is 5.69 Å². The lowest BCUT2D eigenvalue weighted by molar-refractivity contribution is -0.384. The van der Waals surface area contributed by atoms with E-state index in [2.05, 4.69) is 0 Å². The molecule has 0 radical (unpaired) electrons. The number of ketones is 1. The Bertz CT molecular complexity index is 703. The van der Waals surface area contributed by atoms with E-state index >= 15 is 0 Å². The largest absolute Gasteiger partial charge is 0.301 e. The molecule has 6 heteroatoms. The van der Waals surface area contributed by atoms with Gasteiger partial charge >= 0.3 is 0 Å². The molecule has 1 aromatic carbocycles. The number of hydrogen-bond donors (Lipinski definition) is 0. The monoisotopic (exact) mass is 246 g/mol. The molecule has 1 heterocycles. The van der Waals surface area contributed by atoms with Gasteiger partial charge in [0.15, 0.2) is 0 Å². The molecule has 0 fully saturated rings. The number of nitro benzene ring substituents is 1. The van der Waals surface area contributed by atoms with Crippen molar-refractivity contribution in [3.8, 4) is 0 Å². The van der Waals surface area contributed by atoms with Crippen LogP contribution in [0.3, 0.4) is 0 Å². The van der Waals surface area contributed by atoms with Gasteiger partial charge in [0.2, 0.25) is 0 Å². The fourth-order valence-electron chi connectivity index (χ4n) is 1.79. The molecular weight excluding hydrogens is 236 g/mol. The summed E-state index contributed by atoms with van der Waals surface area (Å²) in [4.78, 5) is 32.9. The molecule has 1 aromatic heterocycles. The van der Waals surface area contributed by atoms with Crippen molar-refractivity contribution in [2.45, 2.75) is 13.5 Å². The van der Waals surface area contributed by atoms with E-state index < -0.39 is 4.92 Å². The maximum atomic E-state index is 11.7. The lowest BCUT2D eigenvalue weighted by Crippen LogP contribution is -2.22. The Morgan fingerprint density at radius 3 is 2.67 bits per heavy atom. The second-order valence-corrected chi connectivity index (χ2v) is 3.96. The van der Waals surface area contributed by atoms with Crippen LogP contribution < -0.4 is 5.56 Å². The number of pyridine rings is 1. The lowest BCUT2D eigenvalue weighted by Gasteiger charge is -2.07. The predicted molar refractivity (Wildman–Crippen MR) is 65.5 cm³/mol. The topological polar surface area (TPSA) is 82.2 Å². The van der Waals surface area contributed by atoms with Crippen molar-refractivity contribution < 1.29 is 9.72 Å². The Kier molecular flexibility index (Phi) is 2.93. The van der Waals surface area contributed by atoms with Gasteiger partial charge in [0.25, 0.3) is 11.2 Å². The fourth-order valence-corrected chi connectivity index (χ4v) is 1.79. The number of carbonyl (C=O) groups excluding carboxylic acids is 1. The maximum Gasteiger partial charge on any atom is 0.270 e. The van der Waals surface area contributed by atoms with Crippen LogP contribution in [-0.4, -0.2) is 15.3 Å². The Labute approximate surface area is 102 Å². The van der Waals surface area contributed by atoms with Crippen LogP contribution in [0, 0.1) is 10.1 Å². The Morgan fingerprint density at radius 1 is 1.33 bits per heavy atom. The zero-order valence-corrected chi connectivity index (χ0v) is 9.62. The number of aromatic nitrogens is 1. The molecule has 2 aromatic rings. The molecule has 2 rings (SSSR count). The molecule has 0 saturated carbocycles. The number of rotatable bonds is 3. The number of hydrogen-bond acceptors (Lipinski definition) is 4. The first-order chi connectivity index (χ1) is 8.49. The first kappa shape index (κ1) is 12.0. The van der Waals surface area contributed by atoms with Gasteiger partial charge < -0.3 is 4.57 Å². The van der Waals surface area contributed by atoms with Crippen molar-refractivity contribution in [3.05, 3.63) is 50.8 Å². The highest BCUT2D eigenvalue weighted by Gasteiger charge is 2.10. The number of fused-ring (bicyclic) bond motifs is 1. The average Bonchev–Trinajstić information content (AvgIpc) is 2.31. The molecule has 0 spiro atoms. The number of nitrogens with zero attached hydrogens (tertiary/aromatic N) is 2. The minimum atomic E-state index is -0.500. The lowest BCUT2D eigenvalue weighted by atomic mass is 10.2. The van der Waals surface area contributed by atoms with Gasteiger partial charge in [-0.3, -0.25) is 19.7 Å². The van der Waals surface area contributed by atoms with Gasteiger partial charge in [-0.2, -0.15) is 0 Å². The molecule has 0 aliphatic heterocycles. The fraction of sp³-hybridized carbons (Fsp3) is 0.167. The zero-order chi connectivity index (χ0) is 13.3. The van der Waals surface area contributed by atoms with Gasteiger partial charge in [0.05, 0.1) is 17.0 Å². The summed E-state index contributed by atoms with van der Waals surface area (Å²) < 4.78 is 1.31. The normalized spacial score (nSPS) is 10.5. The molecule has 0 aliphatic carbocycles. The van der Waals surface area contributed by atoms with Crippen LogP contribution >= 0.6 is 0 Å². The predicted octanol–water partition coefficient (Wildman–Crippen LogP) is 1.50. The number of non-ortho nitro benzene ring substituents is 1. The number of Topliss-reactive ketones (excluding diaryl/α,β-unsaturated/α-hetero) is 1. The average molecular weight is 246 g/mol. The van der Waals surface area contributed by atoms with Gasteiger partial charge in [-0.25, -0.2) is 0 Å². The SMILES string of the molecule is CC(=O)Cn1c(=O)ccc2cc([N+](=O)[O-])ccc21. The van der Waals surface area contributed by atoms with Crippen molar-refractivity contribution in [1.82, 2.24) is 4.57 Å². The Balaban J connectivity index is 2.70. The smallest absolute Gasteiger partial charge is 0.270 e. The molecule has 0 unspecified atom stereocenters. The molecule has 18 heavy (non-hydrogen) atoms. The van der Waals surface area contributed by atoms with Crippen LogP contribution in [0.2, 0.25) is 0 Å². The first-order valence-corrected chi connectivity index (χ1v) is 5.26. The third kappa shape index (κ3) is 2.13. The van der Waals surface area contributed by atoms with Crippen molar-refractivity contribution in [3.63, 3.8) is 0 Å². The highest BCUT2D eigenvalue weighted by atomic mass is 16.6. The van der Waals surface area contributed by atoms with E-state index in [1.54, 1.807) is 0 Å². The summed E-state index contributed by atoms with van der Waals surface area (Å²) in [7, 11) is 0. The van der Waals surface area contributed by atoms with E-state index in [1.165, 1.54) is 41.8 Å². The number of benzene rings is 1. The van der Waals surface area contributed by atoms with Crippen molar-refractivity contribution in [2.75, 3.05) is 0 Å². The summed E-state index contributed by atoms with van der Waals surface area (Å²) in [6.45, 7) is 1.35. The summed E-state index contributed by atoms with van der Waals surface area (Å²) in [6, 6.07) is 7.00. The third-order valence-corrected chi connectivity index (χ3v) is 2.57. The van der Waals surface area contributed by atoms with E-state index in [4.69, 9.17) is 0 Å². The van der Waals surface area contributed by atoms with Crippen LogP contribution in [0.1, 0.15) is 6.92 Å². The zero-order valence-electron chi connectivity index (χ0n) is 9.62. The van der Waals surface area contributed by atoms with Gasteiger partial charge in [-0.05, 0) is 19.1 Å². The summed E-state index contributed by atoms with van der Waals surface area (Å²) in [5, 5.41) is 11.2. The van der Waals surface area contributed by atoms with E-state index in [0.29, 0.717) is 10.9 Å². The second-order valence-electron chi connectivity index (χ2n) is 3.96. The van der Waals surface area contributed by atoms with Crippen LogP contribution in [0.25, 0.3) is 10.9 Å². The van der Waals surface area contributed by atoms with E-state index in [9.17, 15) is 19.7 Å². The van der Waals surface area contributed by atoms with E-state index in [-0.39, 0.29) is 23.6 Å². The Hall–Kier alpha value is -2.50. The number of carbonyl (C=O) groups is 1. The summed E-state index contributed by atoms with van der Waals surface area (Å²) in [5.74, 6) is -0.150. The van der Waals surface area contributed by atoms with E-state index in [0.717, 1.165) is 0 Å². The molecule has 0 amide bonds. The Morgan fingerprint density at radius 2 is 2.06 bits per heavy atom. The van der Waals surface area contributed by atoms with E-state index in [1.807, 2.05) is 0 Å². The summed E-state index contributed by atoms with van der Waals surface area (Å²) >= 11 is 0. The van der Waals surface area contributed by atoms with Gasteiger partial charge in [-0.1, -0.05) is 0 Å². The highest BCUT2D eigenvalue weighted by molar-refractivity contribution is 5.83. The maximum absolute atomic E-state index is 11.7. The highest BCUT2D eigenvalue weighted by Crippen LogP contribution is 2.19. The summed E-state index contributed by atoms with van der Waals surface area (Å²) in [5.41, 5.74) is 0.172. The summed E-state index contributed by atoms with van der Waals surface area (Å²) in [6.07, 6.45) is 0. The van der Waals surface area contributed by atoms with Crippen LogP contribution in [0.15, 0.2) is 35.1 Å². The van der Waals surface area contributed by atoms with Gasteiger partial charge in [0, 0.05) is 23.6 Å². The van der Waals surface area contributed by atoms with Crippen LogP contribution in [0.5, 0.6) is 0 Å². The minimum absolute atomic E-state index is 0.0337. The second kappa shape index (κ2) is 4.40. The van der Waals surface area contributed by atoms with Gasteiger partial charge in [-0.15, -0.1) is 0 Å². The van der Waals surface area contributed by atoms with Crippen molar-refractivity contribution >= 4 is 22.4 Å². The molecule has 0 bridgehead atoms. The van der Waals surface area contributed by atoms with Gasteiger partial charge in [0.1, 0.15) is 5.78 Å². The number of nitro groups is 1. The van der Waals surface area contributed by atoms with Crippen molar-refractivity contribution in [1.29, 1.82) is 0 Å². The minimum Gasteiger partial charge on any atom is -0.301 e. The molecule has 0 atom stereocenters. The molecule has 0 N–H and O–H groups in total. The quantitative estimate of drug-likeness (QED) is 0.607.